The fourth-order valence-corrected chi connectivity index (χ4v) is 0.321. The minimum atomic E-state index is 0. The molecule has 0 aliphatic carbocycles. The molecule has 0 heterocycles. The molecule has 0 nitrogen and oxygen atoms in total. The van der Waals surface area contributed by atoms with Gasteiger partial charge < -0.3 is 21.8 Å². The van der Waals surface area contributed by atoms with E-state index in [0.717, 1.165) is 6.42 Å². The first-order chi connectivity index (χ1) is 3.91. The Labute approximate surface area is 86.7 Å². The van der Waals surface area contributed by atoms with Crippen LogP contribution in [0.25, 0.3) is 0 Å². The van der Waals surface area contributed by atoms with Gasteiger partial charge in [0.2, 0.25) is 0 Å². The van der Waals surface area contributed by atoms with Crippen molar-refractivity contribution in [3.63, 3.8) is 0 Å². The summed E-state index contributed by atoms with van der Waals surface area (Å²) in [5.74, 6) is 0. The van der Waals surface area contributed by atoms with Gasteiger partial charge in [0.05, 0.1) is 0 Å². The third-order valence-electron chi connectivity index (χ3n) is 0.556. The molecule has 0 atom stereocenters. The van der Waals surface area contributed by atoms with Crippen LogP contribution in [0.5, 0.6) is 0 Å². The third kappa shape index (κ3) is 25.6. The molecule has 0 spiro atoms. The van der Waals surface area contributed by atoms with E-state index in [-0.39, 0.29) is 35.9 Å². The predicted molar refractivity (Wildman–Crippen MR) is 50.5 cm³/mol. The van der Waals surface area contributed by atoms with Crippen LogP contribution >= 0.6 is 0 Å². The van der Waals surface area contributed by atoms with E-state index in [0.29, 0.717) is 0 Å². The number of hydrogen-bond donors (Lipinski definition) is 0. The van der Waals surface area contributed by atoms with E-state index in [1.807, 2.05) is 37.3 Å². The quantitative estimate of drug-likeness (QED) is 0.637. The van der Waals surface area contributed by atoms with E-state index in [2.05, 4.69) is 6.92 Å². The summed E-state index contributed by atoms with van der Waals surface area (Å²) in [7, 11) is 0. The molecule has 0 fully saturated rings. The zero-order valence-electron chi connectivity index (χ0n) is 7.62. The SMILES string of the molecule is [CH2-]CC.[CH3-].[CH3-].[Pt+4].c1cc[cH-]c1. The molecule has 0 saturated carbocycles. The maximum absolute atomic E-state index is 3.49. The second-order valence-electron chi connectivity index (χ2n) is 1.46. The van der Waals surface area contributed by atoms with E-state index in [4.69, 9.17) is 0 Å². The van der Waals surface area contributed by atoms with Crippen LogP contribution in [0.4, 0.5) is 0 Å². The summed E-state index contributed by atoms with van der Waals surface area (Å²) in [6, 6.07) is 10.0. The standard InChI is InChI=1S/C5H5.C3H7.2CH3.Pt/c1-2-4-5-3-1;1-3-2;;;/h1-5H;1,3H2,2H3;2*1H3;/q4*-1;+4. The summed E-state index contributed by atoms with van der Waals surface area (Å²) in [5.41, 5.74) is 0. The summed E-state index contributed by atoms with van der Waals surface area (Å²) in [4.78, 5) is 0. The van der Waals surface area contributed by atoms with Crippen molar-refractivity contribution in [2.24, 2.45) is 0 Å². The number of hydrogen-bond acceptors (Lipinski definition) is 0. The molecule has 0 aromatic heterocycles. The van der Waals surface area contributed by atoms with E-state index >= 15 is 0 Å². The van der Waals surface area contributed by atoms with Crippen molar-refractivity contribution in [1.29, 1.82) is 0 Å². The molecule has 0 radical (unpaired) electrons. The normalized spacial score (nSPS) is 5.27. The molecule has 1 rings (SSSR count). The van der Waals surface area contributed by atoms with E-state index in [1.165, 1.54) is 0 Å². The van der Waals surface area contributed by atoms with Gasteiger partial charge in [-0.2, -0.15) is 24.6 Å². The van der Waals surface area contributed by atoms with E-state index in [1.54, 1.807) is 0 Å². The van der Waals surface area contributed by atoms with Gasteiger partial charge >= 0.3 is 21.1 Å². The van der Waals surface area contributed by atoms with Gasteiger partial charge in [0.25, 0.3) is 0 Å². The molecule has 0 N–H and O–H groups in total. The molecule has 0 unspecified atom stereocenters. The Morgan fingerprint density at radius 1 is 1.18 bits per heavy atom. The smallest absolute Gasteiger partial charge is 0.358 e. The molecule has 1 aromatic carbocycles. The zero-order valence-corrected chi connectivity index (χ0v) is 9.89. The van der Waals surface area contributed by atoms with Gasteiger partial charge in [-0.05, 0) is 0 Å². The monoisotopic (exact) mass is 333 g/mol. The molecule has 11 heavy (non-hydrogen) atoms. The fourth-order valence-electron chi connectivity index (χ4n) is 0.321. The van der Waals surface area contributed by atoms with Crippen LogP contribution in [0.1, 0.15) is 13.3 Å². The van der Waals surface area contributed by atoms with Crippen LogP contribution in [0.15, 0.2) is 30.3 Å². The van der Waals surface area contributed by atoms with Gasteiger partial charge in [-0.1, -0.05) is 6.92 Å². The first-order valence-corrected chi connectivity index (χ1v) is 2.87. The minimum Gasteiger partial charge on any atom is -0.358 e. The summed E-state index contributed by atoms with van der Waals surface area (Å²) in [6.45, 7) is 5.50. The maximum Gasteiger partial charge on any atom is 4.00 e. The van der Waals surface area contributed by atoms with Crippen LogP contribution < -0.4 is 0 Å². The van der Waals surface area contributed by atoms with Crippen LogP contribution in [0.3, 0.4) is 0 Å². The fraction of sp³-hybridized carbons (Fsp3) is 0.200. The molecule has 0 aliphatic heterocycles. The van der Waals surface area contributed by atoms with Crippen LogP contribution in [-0.4, -0.2) is 0 Å². The number of rotatable bonds is 0. The first kappa shape index (κ1) is 22.5. The second kappa shape index (κ2) is 22.5. The summed E-state index contributed by atoms with van der Waals surface area (Å²) in [5, 5.41) is 0. The van der Waals surface area contributed by atoms with Crippen molar-refractivity contribution in [2.45, 2.75) is 13.3 Å². The van der Waals surface area contributed by atoms with Gasteiger partial charge in [-0.15, -0.1) is 0 Å². The Bertz CT molecular complexity index is 71.8. The van der Waals surface area contributed by atoms with Crippen molar-refractivity contribution >= 4 is 0 Å². The maximum atomic E-state index is 3.49. The zero-order chi connectivity index (χ0) is 6.24. The minimum absolute atomic E-state index is 0. The topological polar surface area (TPSA) is 0 Å². The summed E-state index contributed by atoms with van der Waals surface area (Å²) < 4.78 is 0. The van der Waals surface area contributed by atoms with Gasteiger partial charge in [0, 0.05) is 0 Å². The Balaban J connectivity index is -0.0000000379. The molecule has 0 amide bonds. The van der Waals surface area contributed by atoms with Crippen LogP contribution in [0, 0.1) is 21.8 Å². The molecule has 1 aromatic rings. The molecular weight excluding hydrogens is 315 g/mol. The van der Waals surface area contributed by atoms with Crippen molar-refractivity contribution in [3.05, 3.63) is 52.1 Å². The molecule has 0 saturated heterocycles. The van der Waals surface area contributed by atoms with Gasteiger partial charge in [-0.25, -0.2) is 12.1 Å². The third-order valence-corrected chi connectivity index (χ3v) is 0.556. The molecule has 0 aliphatic rings. The first-order valence-electron chi connectivity index (χ1n) is 2.87. The summed E-state index contributed by atoms with van der Waals surface area (Å²) in [6.07, 6.45) is 1.00. The summed E-state index contributed by atoms with van der Waals surface area (Å²) >= 11 is 0. The predicted octanol–water partition coefficient (Wildman–Crippen LogP) is 3.53. The second-order valence-corrected chi connectivity index (χ2v) is 1.46. The van der Waals surface area contributed by atoms with Gasteiger partial charge in [0.15, 0.2) is 0 Å². The van der Waals surface area contributed by atoms with Crippen molar-refractivity contribution in [1.82, 2.24) is 0 Å². The molecule has 1 heteroatoms. The van der Waals surface area contributed by atoms with E-state index < -0.39 is 0 Å². The Kier molecular flexibility index (Phi) is 45.9. The van der Waals surface area contributed by atoms with E-state index in [9.17, 15) is 0 Å². The van der Waals surface area contributed by atoms with Crippen LogP contribution in [0.2, 0.25) is 0 Å². The van der Waals surface area contributed by atoms with Crippen molar-refractivity contribution < 1.29 is 21.1 Å². The Morgan fingerprint density at radius 3 is 1.55 bits per heavy atom. The van der Waals surface area contributed by atoms with Crippen molar-refractivity contribution in [2.75, 3.05) is 0 Å². The Morgan fingerprint density at radius 2 is 1.45 bits per heavy atom. The largest absolute Gasteiger partial charge is 4.00 e. The van der Waals surface area contributed by atoms with Gasteiger partial charge in [-0.3, -0.25) is 0 Å². The van der Waals surface area contributed by atoms with Crippen LogP contribution in [-0.2, 0) is 21.1 Å². The average Bonchev–Trinajstić information content (AvgIpc) is 2.17. The molecule has 0 bridgehead atoms. The Hall–Kier alpha value is 0.0383. The average molecular weight is 333 g/mol. The van der Waals surface area contributed by atoms with Crippen molar-refractivity contribution in [3.8, 4) is 0 Å². The molecule has 68 valence electrons. The van der Waals surface area contributed by atoms with Gasteiger partial charge in [0.1, 0.15) is 0 Å². The molecular formula is C10H18Pt.